The minimum atomic E-state index is -0.266. The molecule has 1 saturated carbocycles. The van der Waals surface area contributed by atoms with Crippen molar-refractivity contribution in [2.24, 2.45) is 0 Å². The first-order valence-electron chi connectivity index (χ1n) is 11.7. The first-order valence-corrected chi connectivity index (χ1v) is 11.7. The van der Waals surface area contributed by atoms with Gasteiger partial charge < -0.3 is 19.9 Å². The van der Waals surface area contributed by atoms with Gasteiger partial charge in [-0.1, -0.05) is 18.2 Å². The van der Waals surface area contributed by atoms with Gasteiger partial charge >= 0.3 is 6.03 Å². The van der Waals surface area contributed by atoms with E-state index in [9.17, 15) is 9.59 Å². The molecule has 1 N–H and O–H groups in total. The van der Waals surface area contributed by atoms with Crippen LogP contribution >= 0.6 is 0 Å². The van der Waals surface area contributed by atoms with Crippen LogP contribution in [-0.2, 0) is 4.79 Å². The minimum absolute atomic E-state index is 0.165. The predicted molar refractivity (Wildman–Crippen MR) is 115 cm³/mol. The number of rotatable bonds is 3. The van der Waals surface area contributed by atoms with Gasteiger partial charge in [0.1, 0.15) is 11.4 Å². The van der Waals surface area contributed by atoms with E-state index in [0.717, 1.165) is 82.4 Å². The second-order valence-electron chi connectivity index (χ2n) is 9.59. The molecule has 4 aliphatic rings. The van der Waals surface area contributed by atoms with E-state index in [1.54, 1.807) is 0 Å². The van der Waals surface area contributed by atoms with Crippen LogP contribution in [0.5, 0.6) is 5.75 Å². The van der Waals surface area contributed by atoms with E-state index < -0.39 is 0 Å². The molecule has 30 heavy (non-hydrogen) atoms. The zero-order valence-corrected chi connectivity index (χ0v) is 17.8. The Hall–Kier alpha value is -2.24. The first kappa shape index (κ1) is 19.7. The van der Waals surface area contributed by atoms with Gasteiger partial charge in [0, 0.05) is 57.4 Å². The summed E-state index contributed by atoms with van der Waals surface area (Å²) in [4.78, 5) is 29.4. The molecule has 162 valence electrons. The van der Waals surface area contributed by atoms with E-state index in [1.165, 1.54) is 6.42 Å². The summed E-state index contributed by atoms with van der Waals surface area (Å²) >= 11 is 0. The zero-order valence-electron chi connectivity index (χ0n) is 17.8. The highest BCUT2D eigenvalue weighted by Crippen LogP contribution is 2.46. The monoisotopic (exact) mass is 411 g/mol. The maximum absolute atomic E-state index is 12.8. The number of carbonyl (C=O) groups is 2. The standard InChI is InChI=1S/C24H33N3O3/c28-22(25-19-6-5-7-19)16-18-17-24(30-21-9-2-1-8-20(18)21)10-14-27(15-11-24)23(29)26-12-3-4-13-26/h1-2,8-9,18-19H,3-7,10-17H2,(H,25,28). The van der Waals surface area contributed by atoms with E-state index in [0.29, 0.717) is 12.5 Å². The lowest BCUT2D eigenvalue weighted by molar-refractivity contribution is -0.123. The van der Waals surface area contributed by atoms with Crippen molar-refractivity contribution in [1.82, 2.24) is 15.1 Å². The van der Waals surface area contributed by atoms with Crippen molar-refractivity contribution < 1.29 is 14.3 Å². The molecule has 1 aromatic carbocycles. The number of hydrogen-bond acceptors (Lipinski definition) is 3. The van der Waals surface area contributed by atoms with Gasteiger partial charge in [0.25, 0.3) is 0 Å². The van der Waals surface area contributed by atoms with Crippen molar-refractivity contribution >= 4 is 11.9 Å². The fourth-order valence-corrected chi connectivity index (χ4v) is 5.51. The fourth-order valence-electron chi connectivity index (χ4n) is 5.51. The number of benzene rings is 1. The number of piperidine rings is 1. The summed E-state index contributed by atoms with van der Waals surface area (Å²) in [6.07, 6.45) is 8.73. The molecule has 3 aliphatic heterocycles. The average molecular weight is 412 g/mol. The Morgan fingerprint density at radius 3 is 2.40 bits per heavy atom. The van der Waals surface area contributed by atoms with Gasteiger partial charge in [-0.3, -0.25) is 4.79 Å². The first-order chi connectivity index (χ1) is 14.6. The van der Waals surface area contributed by atoms with Gasteiger partial charge in [0.15, 0.2) is 0 Å². The maximum atomic E-state index is 12.8. The lowest BCUT2D eigenvalue weighted by Gasteiger charge is -2.47. The van der Waals surface area contributed by atoms with Gasteiger partial charge in [0.05, 0.1) is 0 Å². The van der Waals surface area contributed by atoms with Gasteiger partial charge in [-0.25, -0.2) is 4.79 Å². The van der Waals surface area contributed by atoms with E-state index in [-0.39, 0.29) is 23.5 Å². The molecule has 0 bridgehead atoms. The molecule has 3 amide bonds. The number of nitrogens with zero attached hydrogens (tertiary/aromatic N) is 2. The summed E-state index contributed by atoms with van der Waals surface area (Å²) < 4.78 is 6.56. The van der Waals surface area contributed by atoms with Crippen molar-refractivity contribution in [3.63, 3.8) is 0 Å². The lowest BCUT2D eigenvalue weighted by atomic mass is 9.76. The summed E-state index contributed by atoms with van der Waals surface area (Å²) in [6.45, 7) is 3.25. The molecule has 1 atom stereocenters. The Kier molecular flexibility index (Phi) is 5.34. The van der Waals surface area contributed by atoms with Crippen LogP contribution in [0.1, 0.15) is 69.3 Å². The van der Waals surface area contributed by atoms with Gasteiger partial charge in [-0.2, -0.15) is 0 Å². The number of amides is 3. The molecule has 6 nitrogen and oxygen atoms in total. The van der Waals surface area contributed by atoms with Crippen LogP contribution in [0.3, 0.4) is 0 Å². The Morgan fingerprint density at radius 1 is 1.00 bits per heavy atom. The molecule has 1 unspecified atom stereocenters. The van der Waals surface area contributed by atoms with E-state index >= 15 is 0 Å². The Labute approximate surface area is 178 Å². The lowest BCUT2D eigenvalue weighted by Crippen LogP contribution is -2.54. The second-order valence-corrected chi connectivity index (χ2v) is 9.59. The number of urea groups is 1. The summed E-state index contributed by atoms with van der Waals surface area (Å²) in [7, 11) is 0. The fraction of sp³-hybridized carbons (Fsp3) is 0.667. The molecule has 3 heterocycles. The van der Waals surface area contributed by atoms with E-state index in [1.807, 2.05) is 28.0 Å². The molecule has 0 radical (unpaired) electrons. The Morgan fingerprint density at radius 2 is 1.70 bits per heavy atom. The molecule has 1 aromatic rings. The summed E-state index contributed by atoms with van der Waals surface area (Å²) in [5.41, 5.74) is 0.889. The highest BCUT2D eigenvalue weighted by Gasteiger charge is 2.45. The summed E-state index contributed by atoms with van der Waals surface area (Å²) in [6, 6.07) is 8.75. The van der Waals surface area contributed by atoms with Crippen molar-refractivity contribution in [1.29, 1.82) is 0 Å². The van der Waals surface area contributed by atoms with Crippen molar-refractivity contribution in [3.05, 3.63) is 29.8 Å². The quantitative estimate of drug-likeness (QED) is 0.826. The van der Waals surface area contributed by atoms with Crippen molar-refractivity contribution in [2.45, 2.75) is 75.3 Å². The van der Waals surface area contributed by atoms with Crippen molar-refractivity contribution in [3.8, 4) is 5.75 Å². The number of hydrogen-bond donors (Lipinski definition) is 1. The molecule has 1 aliphatic carbocycles. The third-order valence-corrected chi connectivity index (χ3v) is 7.53. The van der Waals surface area contributed by atoms with Crippen LogP contribution in [0.4, 0.5) is 4.79 Å². The SMILES string of the molecule is O=C(CC1CC2(CCN(C(=O)N3CCCC3)CC2)Oc2ccccc21)NC1CCC1. The molecular formula is C24H33N3O3. The molecule has 3 fully saturated rings. The van der Waals surface area contributed by atoms with Gasteiger partial charge in [0.2, 0.25) is 5.91 Å². The number of likely N-dealkylation sites (tertiary alicyclic amines) is 2. The number of ether oxygens (including phenoxy) is 1. The normalized spacial score (nSPS) is 25.4. The zero-order chi connectivity index (χ0) is 20.6. The predicted octanol–water partition coefficient (Wildman–Crippen LogP) is 3.66. The molecule has 0 aromatic heterocycles. The molecule has 5 rings (SSSR count). The number of carbonyl (C=O) groups excluding carboxylic acids is 2. The molecule has 6 heteroatoms. The van der Waals surface area contributed by atoms with Crippen LogP contribution in [-0.4, -0.2) is 59.6 Å². The van der Waals surface area contributed by atoms with E-state index in [4.69, 9.17) is 4.74 Å². The maximum Gasteiger partial charge on any atom is 0.320 e. The molecule has 2 saturated heterocycles. The van der Waals surface area contributed by atoms with Crippen LogP contribution in [0.2, 0.25) is 0 Å². The average Bonchev–Trinajstić information content (AvgIpc) is 3.26. The molecule has 1 spiro atoms. The topological polar surface area (TPSA) is 61.9 Å². The minimum Gasteiger partial charge on any atom is -0.487 e. The second kappa shape index (κ2) is 8.12. The third kappa shape index (κ3) is 3.88. The molecular weight excluding hydrogens is 378 g/mol. The van der Waals surface area contributed by atoms with Crippen LogP contribution in [0.15, 0.2) is 24.3 Å². The summed E-state index contributed by atoms with van der Waals surface area (Å²) in [5.74, 6) is 1.26. The highest BCUT2D eigenvalue weighted by molar-refractivity contribution is 5.77. The smallest absolute Gasteiger partial charge is 0.320 e. The van der Waals surface area contributed by atoms with Crippen LogP contribution in [0.25, 0.3) is 0 Å². The summed E-state index contributed by atoms with van der Waals surface area (Å²) in [5, 5.41) is 3.20. The largest absolute Gasteiger partial charge is 0.487 e. The highest BCUT2D eigenvalue weighted by atomic mass is 16.5. The Balaban J connectivity index is 1.27. The van der Waals surface area contributed by atoms with Gasteiger partial charge in [-0.15, -0.1) is 0 Å². The number of nitrogens with one attached hydrogen (secondary N) is 1. The number of fused-ring (bicyclic) bond motifs is 1. The van der Waals surface area contributed by atoms with Crippen LogP contribution in [0, 0.1) is 0 Å². The Bertz CT molecular complexity index is 793. The number of para-hydroxylation sites is 1. The van der Waals surface area contributed by atoms with Crippen molar-refractivity contribution in [2.75, 3.05) is 26.2 Å². The van der Waals surface area contributed by atoms with Gasteiger partial charge in [-0.05, 0) is 50.2 Å². The van der Waals surface area contributed by atoms with E-state index in [2.05, 4.69) is 11.4 Å². The van der Waals surface area contributed by atoms with Crippen LogP contribution < -0.4 is 10.1 Å². The third-order valence-electron chi connectivity index (χ3n) is 7.53.